The zero-order valence-electron chi connectivity index (χ0n) is 11.4. The third kappa shape index (κ3) is 4.24. The van der Waals surface area contributed by atoms with Crippen molar-refractivity contribution in [3.05, 3.63) is 30.6 Å². The highest BCUT2D eigenvalue weighted by atomic mass is 15.1. The van der Waals surface area contributed by atoms with Gasteiger partial charge in [0, 0.05) is 38.1 Å². The highest BCUT2D eigenvalue weighted by molar-refractivity contribution is 5.47. The molecule has 2 N–H and O–H groups in total. The summed E-state index contributed by atoms with van der Waals surface area (Å²) in [7, 11) is 0. The fourth-order valence-corrected chi connectivity index (χ4v) is 1.73. The average Bonchev–Trinajstić information content (AvgIpc) is 2.89. The summed E-state index contributed by atoms with van der Waals surface area (Å²) < 4.78 is 2.03. The molecule has 0 spiro atoms. The number of aromatic nitrogens is 4. The van der Waals surface area contributed by atoms with Crippen LogP contribution in [0.25, 0.3) is 0 Å². The van der Waals surface area contributed by atoms with Gasteiger partial charge in [-0.15, -0.1) is 0 Å². The molecule has 0 saturated heterocycles. The first-order chi connectivity index (χ1) is 9.28. The lowest BCUT2D eigenvalue weighted by atomic mass is 10.4. The van der Waals surface area contributed by atoms with Gasteiger partial charge in [0.25, 0.3) is 0 Å². The van der Waals surface area contributed by atoms with E-state index in [1.165, 1.54) is 0 Å². The summed E-state index contributed by atoms with van der Waals surface area (Å²) in [6.07, 6.45) is 6.61. The summed E-state index contributed by atoms with van der Waals surface area (Å²) in [5.41, 5.74) is 0. The molecule has 2 rings (SSSR count). The van der Waals surface area contributed by atoms with E-state index in [0.29, 0.717) is 0 Å². The highest BCUT2D eigenvalue weighted by Crippen LogP contribution is 2.10. The van der Waals surface area contributed by atoms with Gasteiger partial charge in [-0.3, -0.25) is 0 Å². The van der Waals surface area contributed by atoms with Crippen LogP contribution in [0.15, 0.2) is 24.8 Å². The van der Waals surface area contributed by atoms with E-state index in [1.807, 2.05) is 23.8 Å². The Morgan fingerprint density at radius 1 is 1.16 bits per heavy atom. The second-order valence-corrected chi connectivity index (χ2v) is 4.34. The van der Waals surface area contributed by atoms with Crippen LogP contribution in [0.3, 0.4) is 0 Å². The number of hydrogen-bond donors (Lipinski definition) is 2. The SMILES string of the molecule is CCCNc1cc(NCCn2ccnc2)nc(C)n1. The minimum Gasteiger partial charge on any atom is -0.370 e. The minimum absolute atomic E-state index is 0.770. The molecule has 102 valence electrons. The molecule has 0 atom stereocenters. The molecule has 2 aromatic heterocycles. The lowest BCUT2D eigenvalue weighted by molar-refractivity contribution is 0.725. The second kappa shape index (κ2) is 6.72. The van der Waals surface area contributed by atoms with Crippen molar-refractivity contribution in [3.63, 3.8) is 0 Å². The Hall–Kier alpha value is -2.11. The van der Waals surface area contributed by atoms with E-state index in [-0.39, 0.29) is 0 Å². The van der Waals surface area contributed by atoms with Gasteiger partial charge in [0.2, 0.25) is 0 Å². The molecule has 0 unspecified atom stereocenters. The standard InChI is InChI=1S/C13H20N6/c1-3-4-15-12-9-13(18-11(2)17-12)16-6-8-19-7-5-14-10-19/h5,7,9-10H,3-4,6,8H2,1-2H3,(H2,15,16,17,18). The number of imidazole rings is 1. The molecule has 0 aliphatic heterocycles. The number of nitrogens with zero attached hydrogens (tertiary/aromatic N) is 4. The Balaban J connectivity index is 1.90. The van der Waals surface area contributed by atoms with Crippen LogP contribution in [0, 0.1) is 6.92 Å². The largest absolute Gasteiger partial charge is 0.370 e. The number of hydrogen-bond acceptors (Lipinski definition) is 5. The minimum atomic E-state index is 0.770. The van der Waals surface area contributed by atoms with Gasteiger partial charge in [-0.25, -0.2) is 15.0 Å². The summed E-state index contributed by atoms with van der Waals surface area (Å²) in [4.78, 5) is 12.7. The van der Waals surface area contributed by atoms with Crippen molar-refractivity contribution in [2.24, 2.45) is 0 Å². The van der Waals surface area contributed by atoms with Gasteiger partial charge in [0.05, 0.1) is 6.33 Å². The zero-order chi connectivity index (χ0) is 13.5. The maximum absolute atomic E-state index is 4.37. The first-order valence-corrected chi connectivity index (χ1v) is 6.57. The Labute approximate surface area is 113 Å². The van der Waals surface area contributed by atoms with Crippen molar-refractivity contribution in [2.45, 2.75) is 26.8 Å². The molecule has 0 aromatic carbocycles. The summed E-state index contributed by atoms with van der Waals surface area (Å²) in [6, 6.07) is 1.94. The van der Waals surface area contributed by atoms with Gasteiger partial charge in [-0.2, -0.15) is 0 Å². The second-order valence-electron chi connectivity index (χ2n) is 4.34. The van der Waals surface area contributed by atoms with E-state index < -0.39 is 0 Å². The van der Waals surface area contributed by atoms with Crippen LogP contribution in [-0.2, 0) is 6.54 Å². The van der Waals surface area contributed by atoms with Crippen molar-refractivity contribution < 1.29 is 0 Å². The van der Waals surface area contributed by atoms with E-state index in [1.54, 1.807) is 12.5 Å². The molecule has 0 saturated carbocycles. The molecule has 0 aliphatic carbocycles. The molecule has 0 amide bonds. The molecule has 6 heteroatoms. The number of rotatable bonds is 7. The smallest absolute Gasteiger partial charge is 0.131 e. The first kappa shape index (κ1) is 13.3. The van der Waals surface area contributed by atoms with Crippen molar-refractivity contribution in [3.8, 4) is 0 Å². The Bertz CT molecular complexity index is 494. The van der Waals surface area contributed by atoms with Gasteiger partial charge < -0.3 is 15.2 Å². The first-order valence-electron chi connectivity index (χ1n) is 6.57. The van der Waals surface area contributed by atoms with Crippen molar-refractivity contribution in [1.82, 2.24) is 19.5 Å². The average molecular weight is 260 g/mol. The lowest BCUT2D eigenvalue weighted by Crippen LogP contribution is -2.12. The van der Waals surface area contributed by atoms with Crippen LogP contribution in [0.2, 0.25) is 0 Å². The van der Waals surface area contributed by atoms with Crippen LogP contribution in [0.1, 0.15) is 19.2 Å². The summed E-state index contributed by atoms with van der Waals surface area (Å²) >= 11 is 0. The molecule has 0 radical (unpaired) electrons. The van der Waals surface area contributed by atoms with Crippen LogP contribution >= 0.6 is 0 Å². The van der Waals surface area contributed by atoms with Crippen molar-refractivity contribution in [2.75, 3.05) is 23.7 Å². The quantitative estimate of drug-likeness (QED) is 0.796. The molecule has 19 heavy (non-hydrogen) atoms. The van der Waals surface area contributed by atoms with E-state index in [2.05, 4.69) is 32.5 Å². The molecule has 2 aromatic rings. The molecule has 0 aliphatic rings. The van der Waals surface area contributed by atoms with Gasteiger partial charge in [-0.1, -0.05) is 6.92 Å². The van der Waals surface area contributed by atoms with Gasteiger partial charge in [-0.05, 0) is 13.3 Å². The lowest BCUT2D eigenvalue weighted by Gasteiger charge is -2.10. The molecule has 2 heterocycles. The van der Waals surface area contributed by atoms with Crippen LogP contribution in [0.5, 0.6) is 0 Å². The molecule has 0 fully saturated rings. The molecular formula is C13H20N6. The van der Waals surface area contributed by atoms with Gasteiger partial charge in [0.1, 0.15) is 17.5 Å². The Morgan fingerprint density at radius 2 is 1.89 bits per heavy atom. The van der Waals surface area contributed by atoms with Crippen LogP contribution in [-0.4, -0.2) is 32.6 Å². The topological polar surface area (TPSA) is 67.7 Å². The van der Waals surface area contributed by atoms with Crippen LogP contribution < -0.4 is 10.6 Å². The van der Waals surface area contributed by atoms with E-state index in [4.69, 9.17) is 0 Å². The predicted octanol–water partition coefficient (Wildman–Crippen LogP) is 1.92. The summed E-state index contributed by atoms with van der Waals surface area (Å²) in [6.45, 7) is 6.62. The monoisotopic (exact) mass is 260 g/mol. The van der Waals surface area contributed by atoms with E-state index in [0.717, 1.165) is 43.5 Å². The Morgan fingerprint density at radius 3 is 2.53 bits per heavy atom. The zero-order valence-corrected chi connectivity index (χ0v) is 11.4. The van der Waals surface area contributed by atoms with Crippen LogP contribution in [0.4, 0.5) is 11.6 Å². The van der Waals surface area contributed by atoms with Gasteiger partial charge >= 0.3 is 0 Å². The summed E-state index contributed by atoms with van der Waals surface area (Å²) in [5.74, 6) is 2.50. The van der Waals surface area contributed by atoms with Crippen molar-refractivity contribution >= 4 is 11.6 Å². The number of nitrogens with one attached hydrogen (secondary N) is 2. The third-order valence-electron chi connectivity index (χ3n) is 2.63. The molecule has 0 bridgehead atoms. The fraction of sp³-hybridized carbons (Fsp3) is 0.462. The molecular weight excluding hydrogens is 240 g/mol. The Kier molecular flexibility index (Phi) is 4.72. The third-order valence-corrected chi connectivity index (χ3v) is 2.63. The maximum Gasteiger partial charge on any atom is 0.131 e. The number of anilines is 2. The highest BCUT2D eigenvalue weighted by Gasteiger charge is 2.01. The maximum atomic E-state index is 4.37. The van der Waals surface area contributed by atoms with Gasteiger partial charge in [0.15, 0.2) is 0 Å². The van der Waals surface area contributed by atoms with Crippen molar-refractivity contribution in [1.29, 1.82) is 0 Å². The number of aryl methyl sites for hydroxylation is 1. The summed E-state index contributed by atoms with van der Waals surface area (Å²) in [5, 5.41) is 6.57. The van der Waals surface area contributed by atoms with E-state index in [9.17, 15) is 0 Å². The predicted molar refractivity (Wildman–Crippen MR) is 76.3 cm³/mol. The normalized spacial score (nSPS) is 10.4. The molecule has 6 nitrogen and oxygen atoms in total. The fourth-order valence-electron chi connectivity index (χ4n) is 1.73. The van der Waals surface area contributed by atoms with E-state index >= 15 is 0 Å².